The molecule has 1 unspecified atom stereocenters. The van der Waals surface area contributed by atoms with Crippen molar-refractivity contribution < 1.29 is 9.59 Å². The van der Waals surface area contributed by atoms with Gasteiger partial charge in [0.1, 0.15) is 5.78 Å². The van der Waals surface area contributed by atoms with Gasteiger partial charge in [0.15, 0.2) is 0 Å². The Morgan fingerprint density at radius 1 is 0.871 bits per heavy atom. The lowest BCUT2D eigenvalue weighted by Crippen LogP contribution is -2.55. The van der Waals surface area contributed by atoms with Gasteiger partial charge < -0.3 is 15.1 Å². The highest BCUT2D eigenvalue weighted by Crippen LogP contribution is 2.24. The second-order valence-corrected chi connectivity index (χ2v) is 11.3. The van der Waals surface area contributed by atoms with Gasteiger partial charge in [0.05, 0.1) is 0 Å². The van der Waals surface area contributed by atoms with E-state index in [2.05, 4.69) is 49.7 Å². The molecule has 0 radical (unpaired) electrons. The number of carbonyl (C=O) groups excluding carboxylic acids is 2. The SMILES string of the molecule is CC(C)C(=O)CC1CCCN(C(C)C)C1.CC(C)C(=O)NC1(C)CCN(C(C)C)CC1. The molecule has 5 nitrogen and oxygen atoms in total. The molecule has 0 aromatic carbocycles. The van der Waals surface area contributed by atoms with E-state index in [0.717, 1.165) is 38.9 Å². The van der Waals surface area contributed by atoms with Crippen molar-refractivity contribution >= 4 is 11.7 Å². The van der Waals surface area contributed by atoms with Crippen LogP contribution < -0.4 is 5.32 Å². The molecule has 2 aliphatic rings. The van der Waals surface area contributed by atoms with Crippen molar-refractivity contribution in [1.82, 2.24) is 15.1 Å². The van der Waals surface area contributed by atoms with Gasteiger partial charge in [-0.3, -0.25) is 9.59 Å². The average Bonchev–Trinajstić information content (AvgIpc) is 2.68. The number of nitrogens with one attached hydrogen (secondary N) is 1. The molecule has 0 aromatic heterocycles. The zero-order valence-corrected chi connectivity index (χ0v) is 22.0. The molecule has 1 amide bonds. The van der Waals surface area contributed by atoms with E-state index in [9.17, 15) is 9.59 Å². The molecule has 0 saturated carbocycles. The molecule has 5 heteroatoms. The van der Waals surface area contributed by atoms with Crippen LogP contribution in [0.4, 0.5) is 0 Å². The first-order valence-corrected chi connectivity index (χ1v) is 12.7. The van der Waals surface area contributed by atoms with Gasteiger partial charge in [0.25, 0.3) is 0 Å². The van der Waals surface area contributed by atoms with Crippen LogP contribution in [0, 0.1) is 17.8 Å². The number of ketones is 1. The fraction of sp³-hybridized carbons (Fsp3) is 0.923. The van der Waals surface area contributed by atoms with E-state index < -0.39 is 0 Å². The molecule has 0 bridgehead atoms. The smallest absolute Gasteiger partial charge is 0.222 e. The maximum atomic E-state index is 11.7. The van der Waals surface area contributed by atoms with Crippen LogP contribution in [0.15, 0.2) is 0 Å². The van der Waals surface area contributed by atoms with Crippen molar-refractivity contribution in [3.05, 3.63) is 0 Å². The first-order chi connectivity index (χ1) is 14.3. The molecule has 2 fully saturated rings. The summed E-state index contributed by atoms with van der Waals surface area (Å²) in [6, 6.07) is 1.24. The predicted octanol–water partition coefficient (Wildman–Crippen LogP) is 4.74. The van der Waals surface area contributed by atoms with Crippen LogP contribution in [0.3, 0.4) is 0 Å². The van der Waals surface area contributed by atoms with Gasteiger partial charge in [0.2, 0.25) is 5.91 Å². The summed E-state index contributed by atoms with van der Waals surface area (Å²) in [6.07, 6.45) is 5.41. The minimum absolute atomic E-state index is 0.00669. The molecule has 2 rings (SSSR count). The summed E-state index contributed by atoms with van der Waals surface area (Å²) in [5, 5.41) is 3.19. The van der Waals surface area contributed by atoms with Crippen LogP contribution in [0.2, 0.25) is 0 Å². The predicted molar refractivity (Wildman–Crippen MR) is 131 cm³/mol. The normalized spacial score (nSPS) is 22.5. The van der Waals surface area contributed by atoms with Crippen molar-refractivity contribution in [3.8, 4) is 0 Å². The quantitative estimate of drug-likeness (QED) is 0.625. The molecule has 0 spiro atoms. The molecule has 2 aliphatic heterocycles. The highest BCUT2D eigenvalue weighted by atomic mass is 16.2. The first-order valence-electron chi connectivity index (χ1n) is 12.7. The van der Waals surface area contributed by atoms with Crippen LogP contribution in [0.5, 0.6) is 0 Å². The van der Waals surface area contributed by atoms with E-state index in [1.807, 2.05) is 27.7 Å². The van der Waals surface area contributed by atoms with E-state index in [1.54, 1.807) is 0 Å². The van der Waals surface area contributed by atoms with Crippen LogP contribution >= 0.6 is 0 Å². The van der Waals surface area contributed by atoms with E-state index in [0.29, 0.717) is 23.8 Å². The highest BCUT2D eigenvalue weighted by molar-refractivity contribution is 5.80. The molecular formula is C26H51N3O2. The maximum absolute atomic E-state index is 11.7. The fourth-order valence-corrected chi connectivity index (χ4v) is 4.35. The molecule has 2 heterocycles. The van der Waals surface area contributed by atoms with E-state index in [-0.39, 0.29) is 23.3 Å². The Balaban J connectivity index is 0.000000311. The van der Waals surface area contributed by atoms with Gasteiger partial charge in [0, 0.05) is 55.5 Å². The van der Waals surface area contributed by atoms with E-state index >= 15 is 0 Å². The Morgan fingerprint density at radius 3 is 1.87 bits per heavy atom. The molecular weight excluding hydrogens is 386 g/mol. The Kier molecular flexibility index (Phi) is 11.7. The number of amides is 1. The molecule has 182 valence electrons. The summed E-state index contributed by atoms with van der Waals surface area (Å²) < 4.78 is 0. The monoisotopic (exact) mass is 437 g/mol. The summed E-state index contributed by atoms with van der Waals surface area (Å²) in [6.45, 7) is 23.5. The molecule has 0 aromatic rings. The van der Waals surface area contributed by atoms with Gasteiger partial charge in [-0.1, -0.05) is 27.7 Å². The first kappa shape index (κ1) is 28.1. The highest BCUT2D eigenvalue weighted by Gasteiger charge is 2.32. The lowest BCUT2D eigenvalue weighted by atomic mass is 9.88. The average molecular weight is 438 g/mol. The number of likely N-dealkylation sites (tertiary alicyclic amines) is 2. The number of hydrogen-bond donors (Lipinski definition) is 1. The molecule has 1 atom stereocenters. The fourth-order valence-electron chi connectivity index (χ4n) is 4.35. The van der Waals surface area contributed by atoms with Crippen molar-refractivity contribution in [1.29, 1.82) is 0 Å². The summed E-state index contributed by atoms with van der Waals surface area (Å²) in [5.74, 6) is 1.52. The van der Waals surface area contributed by atoms with Gasteiger partial charge in [-0.15, -0.1) is 0 Å². The Morgan fingerprint density at radius 2 is 1.42 bits per heavy atom. The summed E-state index contributed by atoms with van der Waals surface area (Å²) >= 11 is 0. The lowest BCUT2D eigenvalue weighted by Gasteiger charge is -2.41. The third-order valence-corrected chi connectivity index (χ3v) is 7.00. The van der Waals surface area contributed by atoms with Gasteiger partial charge >= 0.3 is 0 Å². The summed E-state index contributed by atoms with van der Waals surface area (Å²) in [4.78, 5) is 28.4. The topological polar surface area (TPSA) is 52.7 Å². The van der Waals surface area contributed by atoms with Gasteiger partial charge in [-0.25, -0.2) is 0 Å². The summed E-state index contributed by atoms with van der Waals surface area (Å²) in [7, 11) is 0. The zero-order chi connectivity index (χ0) is 23.8. The second kappa shape index (κ2) is 12.9. The molecule has 1 N–H and O–H groups in total. The lowest BCUT2D eigenvalue weighted by molar-refractivity contribution is -0.126. The minimum atomic E-state index is 0.00669. The van der Waals surface area contributed by atoms with Crippen molar-refractivity contribution in [2.75, 3.05) is 26.2 Å². The second-order valence-electron chi connectivity index (χ2n) is 11.3. The Hall–Kier alpha value is -0.940. The molecule has 2 saturated heterocycles. The maximum Gasteiger partial charge on any atom is 0.222 e. The molecule has 31 heavy (non-hydrogen) atoms. The number of Topliss-reactive ketones (excluding diaryl/α,β-unsaturated/α-hetero) is 1. The van der Waals surface area contributed by atoms with Gasteiger partial charge in [-0.2, -0.15) is 0 Å². The minimum Gasteiger partial charge on any atom is -0.351 e. The van der Waals surface area contributed by atoms with Crippen molar-refractivity contribution in [2.24, 2.45) is 17.8 Å². The number of carbonyl (C=O) groups is 2. The third kappa shape index (κ3) is 10.0. The van der Waals surface area contributed by atoms with Crippen LogP contribution in [-0.4, -0.2) is 65.3 Å². The number of nitrogens with zero attached hydrogens (tertiary/aromatic N) is 2. The number of hydrogen-bond acceptors (Lipinski definition) is 4. The zero-order valence-electron chi connectivity index (χ0n) is 22.0. The Bertz CT molecular complexity index is 549. The van der Waals surface area contributed by atoms with Crippen molar-refractivity contribution in [3.63, 3.8) is 0 Å². The van der Waals surface area contributed by atoms with Gasteiger partial charge in [-0.05, 0) is 72.8 Å². The van der Waals surface area contributed by atoms with Crippen LogP contribution in [0.25, 0.3) is 0 Å². The standard InChI is InChI=1S/C13H26N2O.C13H25NO/c1-10(2)12(16)14-13(5)6-8-15(9-7-13)11(3)4;1-10(2)13(15)8-12-6-5-7-14(9-12)11(3)4/h10-11H,6-9H2,1-5H3,(H,14,16);10-12H,5-9H2,1-4H3. The molecule has 0 aliphatic carbocycles. The van der Waals surface area contributed by atoms with E-state index in [1.165, 1.54) is 19.4 Å². The van der Waals surface area contributed by atoms with Crippen molar-refractivity contribution in [2.45, 2.75) is 112 Å². The third-order valence-electron chi connectivity index (χ3n) is 7.00. The summed E-state index contributed by atoms with van der Waals surface area (Å²) in [5.41, 5.74) is 0.00669. The van der Waals surface area contributed by atoms with Crippen LogP contribution in [0.1, 0.15) is 94.4 Å². The largest absolute Gasteiger partial charge is 0.351 e. The number of piperidine rings is 2. The van der Waals surface area contributed by atoms with E-state index in [4.69, 9.17) is 0 Å². The number of rotatable bonds is 7. The Labute approximate surface area is 192 Å². The van der Waals surface area contributed by atoms with Crippen LogP contribution in [-0.2, 0) is 9.59 Å².